The zero-order chi connectivity index (χ0) is 12.1. The third-order valence-electron chi connectivity index (χ3n) is 3.26. The maximum Gasteiger partial charge on any atom is 0.209 e. The Morgan fingerprint density at radius 1 is 1.29 bits per heavy atom. The highest BCUT2D eigenvalue weighted by molar-refractivity contribution is 5.47. The number of piperidine rings is 1. The summed E-state index contributed by atoms with van der Waals surface area (Å²) in [5.74, 6) is 0. The molecule has 1 amide bonds. The van der Waals surface area contributed by atoms with E-state index in [2.05, 4.69) is 22.3 Å². The van der Waals surface area contributed by atoms with E-state index in [1.807, 2.05) is 18.2 Å². The Balaban J connectivity index is 1.85. The number of nitrogens with zero attached hydrogens (tertiary/aromatic N) is 1. The van der Waals surface area contributed by atoms with Crippen molar-refractivity contribution in [2.24, 2.45) is 0 Å². The van der Waals surface area contributed by atoms with Crippen LogP contribution in [0.3, 0.4) is 0 Å². The van der Waals surface area contributed by atoms with Gasteiger partial charge >= 0.3 is 0 Å². The molecule has 1 aliphatic rings. The van der Waals surface area contributed by atoms with Gasteiger partial charge in [0.05, 0.1) is 0 Å². The van der Waals surface area contributed by atoms with Crippen LogP contribution in [-0.2, 0) is 11.3 Å². The van der Waals surface area contributed by atoms with Gasteiger partial charge in [-0.3, -0.25) is 9.69 Å². The Morgan fingerprint density at radius 2 is 1.94 bits per heavy atom. The minimum atomic E-state index is -1.01. The normalized spacial score (nSPS) is 19.8. The van der Waals surface area contributed by atoms with Crippen molar-refractivity contribution in [2.45, 2.75) is 25.1 Å². The van der Waals surface area contributed by atoms with Gasteiger partial charge in [0, 0.05) is 32.5 Å². The highest BCUT2D eigenvalue weighted by atomic mass is 16.3. The van der Waals surface area contributed by atoms with Gasteiger partial charge in [0.25, 0.3) is 0 Å². The summed E-state index contributed by atoms with van der Waals surface area (Å²) in [6.45, 7) is 2.50. The van der Waals surface area contributed by atoms with E-state index in [1.54, 1.807) is 0 Å². The Hall–Kier alpha value is -1.39. The molecule has 92 valence electrons. The summed E-state index contributed by atoms with van der Waals surface area (Å²) in [5, 5.41) is 12.5. The molecule has 2 N–H and O–H groups in total. The van der Waals surface area contributed by atoms with Crippen molar-refractivity contribution in [1.29, 1.82) is 0 Å². The summed E-state index contributed by atoms with van der Waals surface area (Å²) in [5.41, 5.74) is 0.274. The molecule has 1 aromatic rings. The first-order valence-corrected chi connectivity index (χ1v) is 5.92. The van der Waals surface area contributed by atoms with Gasteiger partial charge in [-0.05, 0) is 5.56 Å². The largest absolute Gasteiger partial charge is 0.371 e. The molecule has 1 fully saturated rings. The molecule has 0 radical (unpaired) electrons. The van der Waals surface area contributed by atoms with Gasteiger partial charge in [-0.15, -0.1) is 0 Å². The maximum atomic E-state index is 10.4. The molecule has 0 bridgehead atoms. The smallest absolute Gasteiger partial charge is 0.209 e. The number of rotatable bonds is 4. The number of hydrogen-bond acceptors (Lipinski definition) is 3. The fourth-order valence-electron chi connectivity index (χ4n) is 2.18. The van der Waals surface area contributed by atoms with Crippen molar-refractivity contribution in [3.63, 3.8) is 0 Å². The van der Waals surface area contributed by atoms with E-state index in [0.717, 1.165) is 19.6 Å². The minimum absolute atomic E-state index is 0.576. The van der Waals surface area contributed by atoms with E-state index in [-0.39, 0.29) is 0 Å². The molecule has 4 heteroatoms. The zero-order valence-corrected chi connectivity index (χ0v) is 9.80. The fraction of sp³-hybridized carbons (Fsp3) is 0.462. The third-order valence-corrected chi connectivity index (χ3v) is 3.26. The maximum absolute atomic E-state index is 10.4. The van der Waals surface area contributed by atoms with Gasteiger partial charge in [-0.25, -0.2) is 0 Å². The van der Waals surface area contributed by atoms with Gasteiger partial charge < -0.3 is 10.4 Å². The summed E-state index contributed by atoms with van der Waals surface area (Å²) >= 11 is 0. The van der Waals surface area contributed by atoms with Crippen LogP contribution in [-0.4, -0.2) is 35.2 Å². The average Bonchev–Trinajstić information content (AvgIpc) is 2.34. The predicted octanol–water partition coefficient (Wildman–Crippen LogP) is 0.717. The summed E-state index contributed by atoms with van der Waals surface area (Å²) in [7, 11) is 0. The van der Waals surface area contributed by atoms with Gasteiger partial charge in [0.2, 0.25) is 6.41 Å². The molecule has 0 aliphatic carbocycles. The standard InChI is InChI=1S/C13H18N2O2/c16-11-14-13(17)6-8-15(9-7-13)10-12-4-2-1-3-5-12/h1-5,11,17H,6-10H2,(H,14,16). The molecule has 1 aromatic carbocycles. The summed E-state index contributed by atoms with van der Waals surface area (Å²) in [6, 6.07) is 10.3. The van der Waals surface area contributed by atoms with E-state index >= 15 is 0 Å². The second-order valence-electron chi connectivity index (χ2n) is 4.56. The highest BCUT2D eigenvalue weighted by Crippen LogP contribution is 2.20. The van der Waals surface area contributed by atoms with Crippen LogP contribution in [0.25, 0.3) is 0 Å². The van der Waals surface area contributed by atoms with Crippen molar-refractivity contribution in [2.75, 3.05) is 13.1 Å². The van der Waals surface area contributed by atoms with Gasteiger partial charge in [0.15, 0.2) is 0 Å². The average molecular weight is 234 g/mol. The summed E-state index contributed by atoms with van der Waals surface area (Å²) < 4.78 is 0. The van der Waals surface area contributed by atoms with Gasteiger partial charge in [-0.1, -0.05) is 30.3 Å². The molecular weight excluding hydrogens is 216 g/mol. The van der Waals surface area contributed by atoms with Crippen LogP contribution in [0.5, 0.6) is 0 Å². The Labute approximate surface area is 101 Å². The molecule has 0 aromatic heterocycles. The van der Waals surface area contributed by atoms with Crippen LogP contribution in [0.1, 0.15) is 18.4 Å². The molecule has 0 spiro atoms. The van der Waals surface area contributed by atoms with Crippen LogP contribution in [0.4, 0.5) is 0 Å². The number of carbonyl (C=O) groups is 1. The van der Waals surface area contributed by atoms with Crippen molar-refractivity contribution >= 4 is 6.41 Å². The molecule has 0 atom stereocenters. The number of hydrogen-bond donors (Lipinski definition) is 2. The topological polar surface area (TPSA) is 52.6 Å². The predicted molar refractivity (Wildman–Crippen MR) is 65.1 cm³/mol. The molecular formula is C13H18N2O2. The number of carbonyl (C=O) groups excluding carboxylic acids is 1. The summed E-state index contributed by atoms with van der Waals surface area (Å²) in [6.07, 6.45) is 1.74. The highest BCUT2D eigenvalue weighted by Gasteiger charge is 2.31. The van der Waals surface area contributed by atoms with Crippen LogP contribution in [0.15, 0.2) is 30.3 Å². The lowest BCUT2D eigenvalue weighted by Crippen LogP contribution is -2.52. The van der Waals surface area contributed by atoms with E-state index < -0.39 is 5.72 Å². The first-order chi connectivity index (χ1) is 8.22. The van der Waals surface area contributed by atoms with Crippen LogP contribution in [0.2, 0.25) is 0 Å². The number of likely N-dealkylation sites (tertiary alicyclic amines) is 1. The first kappa shape index (κ1) is 12.1. The zero-order valence-electron chi connectivity index (χ0n) is 9.80. The molecule has 0 unspecified atom stereocenters. The molecule has 0 saturated carbocycles. The van der Waals surface area contributed by atoms with E-state index in [1.165, 1.54) is 5.56 Å². The van der Waals surface area contributed by atoms with Gasteiger partial charge in [-0.2, -0.15) is 0 Å². The van der Waals surface area contributed by atoms with Crippen molar-refractivity contribution in [1.82, 2.24) is 10.2 Å². The monoisotopic (exact) mass is 234 g/mol. The molecule has 2 rings (SSSR count). The van der Waals surface area contributed by atoms with Crippen molar-refractivity contribution < 1.29 is 9.90 Å². The third kappa shape index (κ3) is 3.28. The molecule has 4 nitrogen and oxygen atoms in total. The number of amides is 1. The fourth-order valence-corrected chi connectivity index (χ4v) is 2.18. The number of benzene rings is 1. The van der Waals surface area contributed by atoms with Crippen molar-refractivity contribution in [3.05, 3.63) is 35.9 Å². The molecule has 17 heavy (non-hydrogen) atoms. The van der Waals surface area contributed by atoms with E-state index in [9.17, 15) is 9.90 Å². The molecule has 1 aliphatic heterocycles. The lowest BCUT2D eigenvalue weighted by atomic mass is 10.0. The molecule has 1 heterocycles. The van der Waals surface area contributed by atoms with Crippen molar-refractivity contribution in [3.8, 4) is 0 Å². The lowest BCUT2D eigenvalue weighted by Gasteiger charge is -2.37. The van der Waals surface area contributed by atoms with Crippen LogP contribution >= 0.6 is 0 Å². The minimum Gasteiger partial charge on any atom is -0.371 e. The Morgan fingerprint density at radius 3 is 2.53 bits per heavy atom. The summed E-state index contributed by atoms with van der Waals surface area (Å²) in [4.78, 5) is 12.7. The van der Waals surface area contributed by atoms with E-state index in [0.29, 0.717) is 19.3 Å². The second-order valence-corrected chi connectivity index (χ2v) is 4.56. The first-order valence-electron chi connectivity index (χ1n) is 5.92. The number of aliphatic hydroxyl groups is 1. The van der Waals surface area contributed by atoms with Gasteiger partial charge in [0.1, 0.15) is 5.72 Å². The number of nitrogens with one attached hydrogen (secondary N) is 1. The lowest BCUT2D eigenvalue weighted by molar-refractivity contribution is -0.120. The second kappa shape index (κ2) is 5.29. The van der Waals surface area contributed by atoms with Crippen LogP contribution < -0.4 is 5.32 Å². The molecule has 1 saturated heterocycles. The Bertz CT molecular complexity index is 359. The Kier molecular flexibility index (Phi) is 3.76. The van der Waals surface area contributed by atoms with Crippen LogP contribution in [0, 0.1) is 0 Å². The van der Waals surface area contributed by atoms with E-state index in [4.69, 9.17) is 0 Å². The quantitative estimate of drug-likeness (QED) is 0.596. The SMILES string of the molecule is O=CNC1(O)CCN(Cc2ccccc2)CC1.